The molecule has 0 saturated carbocycles. The largest absolute Gasteiger partial charge is 0.497 e. The van der Waals surface area contributed by atoms with Crippen LogP contribution < -0.4 is 15.4 Å². The van der Waals surface area contributed by atoms with E-state index < -0.39 is 0 Å². The Bertz CT molecular complexity index is 831. The zero-order valence-corrected chi connectivity index (χ0v) is 14.6. The summed E-state index contributed by atoms with van der Waals surface area (Å²) in [6, 6.07) is 13.1. The highest BCUT2D eigenvalue weighted by atomic mass is 16.5. The molecule has 2 heterocycles. The maximum atomic E-state index is 11.9. The second-order valence-electron chi connectivity index (χ2n) is 5.62. The van der Waals surface area contributed by atoms with E-state index >= 15 is 0 Å². The van der Waals surface area contributed by atoms with Crippen molar-refractivity contribution in [2.75, 3.05) is 13.7 Å². The second-order valence-corrected chi connectivity index (χ2v) is 5.62. The van der Waals surface area contributed by atoms with Crippen LogP contribution in [-0.2, 0) is 13.1 Å². The van der Waals surface area contributed by atoms with Gasteiger partial charge in [-0.15, -0.1) is 0 Å². The fraction of sp³-hybridized carbons (Fsp3) is 0.211. The number of carbonyl (C=O) groups excluding carboxylic acids is 1. The van der Waals surface area contributed by atoms with Crippen LogP contribution in [0.15, 0.2) is 61.1 Å². The Morgan fingerprint density at radius 2 is 1.92 bits per heavy atom. The number of benzene rings is 1. The number of pyridine rings is 1. The van der Waals surface area contributed by atoms with Crippen molar-refractivity contribution in [3.05, 3.63) is 66.6 Å². The van der Waals surface area contributed by atoms with E-state index in [0.29, 0.717) is 19.6 Å². The summed E-state index contributed by atoms with van der Waals surface area (Å²) in [5.74, 6) is 1.58. The van der Waals surface area contributed by atoms with Crippen LogP contribution in [0.25, 0.3) is 11.5 Å². The Kier molecular flexibility index (Phi) is 5.82. The molecule has 3 aromatic rings. The Balaban J connectivity index is 1.45. The number of hydrogen-bond donors (Lipinski definition) is 2. The number of rotatable bonds is 7. The van der Waals surface area contributed by atoms with Gasteiger partial charge in [-0.25, -0.2) is 9.78 Å². The summed E-state index contributed by atoms with van der Waals surface area (Å²) in [4.78, 5) is 20.6. The molecule has 0 aliphatic carbocycles. The molecule has 2 aromatic heterocycles. The quantitative estimate of drug-likeness (QED) is 0.685. The first-order valence-electron chi connectivity index (χ1n) is 8.33. The number of hydrogen-bond acceptors (Lipinski definition) is 4. The zero-order valence-electron chi connectivity index (χ0n) is 14.6. The van der Waals surface area contributed by atoms with Crippen LogP contribution in [0.2, 0.25) is 0 Å². The Labute approximate surface area is 152 Å². The maximum absolute atomic E-state index is 11.9. The highest BCUT2D eigenvalue weighted by Gasteiger charge is 2.07. The number of methoxy groups -OCH3 is 1. The molecule has 0 bridgehead atoms. The number of aromatic nitrogens is 3. The summed E-state index contributed by atoms with van der Waals surface area (Å²) in [5.41, 5.74) is 1.81. The molecule has 3 rings (SSSR count). The van der Waals surface area contributed by atoms with Gasteiger partial charge in [-0.05, 0) is 29.8 Å². The molecule has 134 valence electrons. The number of urea groups is 1. The van der Waals surface area contributed by atoms with Gasteiger partial charge in [-0.3, -0.25) is 4.98 Å². The number of nitrogens with zero attached hydrogens (tertiary/aromatic N) is 3. The average molecular weight is 351 g/mol. The topological polar surface area (TPSA) is 81.1 Å². The predicted octanol–water partition coefficient (Wildman–Crippen LogP) is 2.45. The van der Waals surface area contributed by atoms with Gasteiger partial charge in [0.25, 0.3) is 0 Å². The minimum Gasteiger partial charge on any atom is -0.497 e. The lowest BCUT2D eigenvalue weighted by molar-refractivity contribution is 0.240. The van der Waals surface area contributed by atoms with E-state index in [4.69, 9.17) is 4.74 Å². The first-order chi connectivity index (χ1) is 12.8. The molecule has 2 N–H and O–H groups in total. The number of carbonyl (C=O) groups is 1. The number of amides is 2. The highest BCUT2D eigenvalue weighted by molar-refractivity contribution is 5.73. The van der Waals surface area contributed by atoms with Gasteiger partial charge in [0, 0.05) is 38.2 Å². The van der Waals surface area contributed by atoms with Crippen LogP contribution in [0, 0.1) is 0 Å². The van der Waals surface area contributed by atoms with Crippen molar-refractivity contribution in [2.45, 2.75) is 13.1 Å². The van der Waals surface area contributed by atoms with Gasteiger partial charge in [-0.2, -0.15) is 0 Å². The van der Waals surface area contributed by atoms with E-state index in [2.05, 4.69) is 20.6 Å². The second kappa shape index (κ2) is 8.66. The molecule has 1 aromatic carbocycles. The van der Waals surface area contributed by atoms with Crippen LogP contribution in [0.4, 0.5) is 4.79 Å². The third-order valence-electron chi connectivity index (χ3n) is 3.86. The number of imidazole rings is 1. The fourth-order valence-electron chi connectivity index (χ4n) is 2.50. The minimum atomic E-state index is -0.208. The van der Waals surface area contributed by atoms with Gasteiger partial charge in [-0.1, -0.05) is 18.2 Å². The van der Waals surface area contributed by atoms with Gasteiger partial charge in [0.15, 0.2) is 5.82 Å². The lowest BCUT2D eigenvalue weighted by Crippen LogP contribution is -2.36. The summed E-state index contributed by atoms with van der Waals surface area (Å²) in [6.45, 7) is 1.56. The van der Waals surface area contributed by atoms with Crippen LogP contribution in [-0.4, -0.2) is 34.2 Å². The van der Waals surface area contributed by atoms with Crippen molar-refractivity contribution in [3.8, 4) is 17.3 Å². The molecule has 7 heteroatoms. The summed E-state index contributed by atoms with van der Waals surface area (Å²) < 4.78 is 7.08. The lowest BCUT2D eigenvalue weighted by Gasteiger charge is -2.10. The van der Waals surface area contributed by atoms with Gasteiger partial charge in [0.1, 0.15) is 11.4 Å². The van der Waals surface area contributed by atoms with Crippen molar-refractivity contribution in [1.29, 1.82) is 0 Å². The van der Waals surface area contributed by atoms with Crippen LogP contribution in [0.5, 0.6) is 5.75 Å². The fourth-order valence-corrected chi connectivity index (χ4v) is 2.50. The van der Waals surface area contributed by atoms with Crippen LogP contribution in [0.3, 0.4) is 0 Å². The molecule has 0 atom stereocenters. The van der Waals surface area contributed by atoms with Gasteiger partial charge in [0.2, 0.25) is 0 Å². The summed E-state index contributed by atoms with van der Waals surface area (Å²) in [7, 11) is 1.63. The van der Waals surface area contributed by atoms with E-state index in [1.54, 1.807) is 19.5 Å². The monoisotopic (exact) mass is 351 g/mol. The summed E-state index contributed by atoms with van der Waals surface area (Å²) in [6.07, 6.45) is 5.34. The highest BCUT2D eigenvalue weighted by Crippen LogP contribution is 2.13. The van der Waals surface area contributed by atoms with Crippen molar-refractivity contribution in [2.24, 2.45) is 0 Å². The van der Waals surface area contributed by atoms with E-state index in [-0.39, 0.29) is 6.03 Å². The first kappa shape index (κ1) is 17.5. The molecule has 0 spiro atoms. The molecule has 26 heavy (non-hydrogen) atoms. The van der Waals surface area contributed by atoms with Crippen molar-refractivity contribution >= 4 is 6.03 Å². The van der Waals surface area contributed by atoms with Gasteiger partial charge >= 0.3 is 6.03 Å². The molecular formula is C19H21N5O2. The third-order valence-corrected chi connectivity index (χ3v) is 3.86. The summed E-state index contributed by atoms with van der Waals surface area (Å²) in [5, 5.41) is 5.68. The normalized spacial score (nSPS) is 10.3. The minimum absolute atomic E-state index is 0.208. The van der Waals surface area contributed by atoms with Crippen molar-refractivity contribution in [1.82, 2.24) is 25.2 Å². The standard InChI is InChI=1S/C19H21N5O2/c1-26-16-7-5-15(6-8-16)14-23-19(25)22-11-13-24-12-10-21-18(24)17-4-2-3-9-20-17/h2-10,12H,11,13-14H2,1H3,(H2,22,23,25). The van der Waals surface area contributed by atoms with E-state index in [0.717, 1.165) is 22.8 Å². The Hall–Kier alpha value is -3.35. The molecule has 0 radical (unpaired) electrons. The number of ether oxygens (including phenoxy) is 1. The Morgan fingerprint density at radius 3 is 2.65 bits per heavy atom. The van der Waals surface area contributed by atoms with Crippen LogP contribution in [0.1, 0.15) is 5.56 Å². The zero-order chi connectivity index (χ0) is 18.2. The predicted molar refractivity (Wildman–Crippen MR) is 98.7 cm³/mol. The molecule has 0 aliphatic heterocycles. The molecular weight excluding hydrogens is 330 g/mol. The SMILES string of the molecule is COc1ccc(CNC(=O)NCCn2ccnc2-c2ccccn2)cc1. The summed E-state index contributed by atoms with van der Waals surface area (Å²) >= 11 is 0. The average Bonchev–Trinajstić information content (AvgIpc) is 3.16. The third kappa shape index (κ3) is 4.60. The van der Waals surface area contributed by atoms with Gasteiger partial charge in [0.05, 0.1) is 7.11 Å². The molecule has 2 amide bonds. The van der Waals surface area contributed by atoms with E-state index in [9.17, 15) is 4.79 Å². The van der Waals surface area contributed by atoms with E-state index in [1.165, 1.54) is 0 Å². The Morgan fingerprint density at radius 1 is 1.08 bits per heavy atom. The molecule has 7 nitrogen and oxygen atoms in total. The maximum Gasteiger partial charge on any atom is 0.315 e. The number of nitrogens with one attached hydrogen (secondary N) is 2. The molecule has 0 unspecified atom stereocenters. The first-order valence-corrected chi connectivity index (χ1v) is 8.33. The van der Waals surface area contributed by atoms with Gasteiger partial charge < -0.3 is 19.9 Å². The molecule has 0 saturated heterocycles. The van der Waals surface area contributed by atoms with Crippen LogP contribution >= 0.6 is 0 Å². The smallest absolute Gasteiger partial charge is 0.315 e. The lowest BCUT2D eigenvalue weighted by atomic mass is 10.2. The molecule has 0 aliphatic rings. The molecule has 0 fully saturated rings. The van der Waals surface area contributed by atoms with E-state index in [1.807, 2.05) is 53.2 Å². The van der Waals surface area contributed by atoms with Crippen molar-refractivity contribution in [3.63, 3.8) is 0 Å². The van der Waals surface area contributed by atoms with Crippen molar-refractivity contribution < 1.29 is 9.53 Å².